The summed E-state index contributed by atoms with van der Waals surface area (Å²) in [6.45, 7) is 3.77. The second-order valence-corrected chi connectivity index (χ2v) is 10.6. The average Bonchev–Trinajstić information content (AvgIpc) is 2.87. The highest BCUT2D eigenvalue weighted by Crippen LogP contribution is 2.35. The van der Waals surface area contributed by atoms with Crippen molar-refractivity contribution >= 4 is 47.5 Å². The monoisotopic (exact) mass is 569 g/mol. The van der Waals surface area contributed by atoms with Gasteiger partial charge in [-0.2, -0.15) is 5.10 Å². The lowest BCUT2D eigenvalue weighted by atomic mass is 9.88. The van der Waals surface area contributed by atoms with Gasteiger partial charge in [0.1, 0.15) is 5.82 Å². The molecule has 1 fully saturated rings. The minimum Gasteiger partial charge on any atom is -0.475 e. The van der Waals surface area contributed by atoms with E-state index in [-0.39, 0.29) is 48.2 Å². The van der Waals surface area contributed by atoms with Crippen molar-refractivity contribution in [1.82, 2.24) is 25.0 Å². The van der Waals surface area contributed by atoms with Gasteiger partial charge in [0.05, 0.1) is 28.8 Å². The number of ether oxygens (including phenoxy) is 1. The fourth-order valence-electron chi connectivity index (χ4n) is 5.55. The predicted molar refractivity (Wildman–Crippen MR) is 146 cm³/mol. The van der Waals surface area contributed by atoms with E-state index in [1.54, 1.807) is 34.5 Å². The first-order chi connectivity index (χ1) is 17.1. The summed E-state index contributed by atoms with van der Waals surface area (Å²) in [7, 11) is 0. The number of aromatic nitrogens is 3. The number of β-amino-alcohol motifs (C(OH)–C–C–N with tert-alkyl or cyclic N) is 1. The molecule has 37 heavy (non-hydrogen) atoms. The number of rotatable bonds is 5. The Morgan fingerprint density at radius 1 is 1.16 bits per heavy atom. The number of pyridine rings is 1. The highest BCUT2D eigenvalue weighted by molar-refractivity contribution is 7.99. The van der Waals surface area contributed by atoms with Crippen LogP contribution in [0, 0.1) is 5.82 Å². The van der Waals surface area contributed by atoms with Gasteiger partial charge in [-0.25, -0.2) is 4.39 Å². The van der Waals surface area contributed by atoms with Crippen molar-refractivity contribution in [2.75, 3.05) is 32.0 Å². The van der Waals surface area contributed by atoms with Crippen molar-refractivity contribution in [3.05, 3.63) is 57.8 Å². The Morgan fingerprint density at radius 2 is 2.00 bits per heavy atom. The third kappa shape index (κ3) is 5.60. The average molecular weight is 571 g/mol. The van der Waals surface area contributed by atoms with E-state index in [2.05, 4.69) is 20.4 Å². The topological polar surface area (TPSA) is 92.5 Å². The van der Waals surface area contributed by atoms with Crippen LogP contribution < -0.4 is 15.6 Å². The predicted octanol–water partition coefficient (Wildman–Crippen LogP) is 2.97. The highest BCUT2D eigenvalue weighted by Gasteiger charge is 2.32. The first-order valence-electron chi connectivity index (χ1n) is 12.1. The summed E-state index contributed by atoms with van der Waals surface area (Å²) < 4.78 is 22.2. The van der Waals surface area contributed by atoms with Crippen LogP contribution in [-0.2, 0) is 13.1 Å². The number of halogens is 3. The maximum Gasteiger partial charge on any atom is 0.251 e. The zero-order valence-electron chi connectivity index (χ0n) is 20.1. The molecule has 1 aromatic carbocycles. The normalized spacial score (nSPS) is 22.9. The first-order valence-corrected chi connectivity index (χ1v) is 13.1. The number of aliphatic hydroxyl groups is 1. The van der Waals surface area contributed by atoms with Crippen LogP contribution >= 0.6 is 36.6 Å². The third-order valence-corrected chi connectivity index (χ3v) is 8.27. The van der Waals surface area contributed by atoms with Gasteiger partial charge < -0.3 is 24.6 Å². The third-order valence-electron chi connectivity index (χ3n) is 7.29. The van der Waals surface area contributed by atoms with E-state index in [4.69, 9.17) is 4.74 Å². The zero-order valence-corrected chi connectivity index (χ0v) is 22.6. The molecular formula is C25H30Cl2FN5O3S. The summed E-state index contributed by atoms with van der Waals surface area (Å²) in [5.41, 5.74) is 2.10. The molecule has 3 aromatic rings. The smallest absolute Gasteiger partial charge is 0.251 e. The van der Waals surface area contributed by atoms with E-state index in [0.717, 1.165) is 40.2 Å². The summed E-state index contributed by atoms with van der Waals surface area (Å²) in [6.07, 6.45) is 0.957. The molecule has 0 spiro atoms. The van der Waals surface area contributed by atoms with Gasteiger partial charge in [-0.15, -0.1) is 41.7 Å². The van der Waals surface area contributed by atoms with Crippen molar-refractivity contribution in [2.45, 2.75) is 48.9 Å². The molecule has 1 saturated heterocycles. The number of hydrogen-bond donors (Lipinski definition) is 2. The molecular weight excluding hydrogens is 540 g/mol. The van der Waals surface area contributed by atoms with Gasteiger partial charge >= 0.3 is 0 Å². The molecule has 2 aromatic heterocycles. The summed E-state index contributed by atoms with van der Waals surface area (Å²) in [4.78, 5) is 15.6. The Balaban J connectivity index is 0.00000160. The van der Waals surface area contributed by atoms with E-state index in [1.807, 2.05) is 6.07 Å². The van der Waals surface area contributed by atoms with Crippen molar-refractivity contribution in [2.24, 2.45) is 0 Å². The van der Waals surface area contributed by atoms with Crippen molar-refractivity contribution in [1.29, 1.82) is 0 Å². The van der Waals surface area contributed by atoms with Gasteiger partial charge in [0.15, 0.2) is 0 Å². The lowest BCUT2D eigenvalue weighted by Gasteiger charge is -2.39. The molecule has 3 atom stereocenters. The summed E-state index contributed by atoms with van der Waals surface area (Å²) >= 11 is 1.72. The van der Waals surface area contributed by atoms with E-state index in [9.17, 15) is 14.3 Å². The van der Waals surface area contributed by atoms with Crippen LogP contribution in [0.5, 0.6) is 5.88 Å². The number of benzene rings is 1. The lowest BCUT2D eigenvalue weighted by molar-refractivity contribution is 0.0363. The molecule has 2 N–H and O–H groups in total. The molecule has 1 unspecified atom stereocenters. The van der Waals surface area contributed by atoms with Gasteiger partial charge in [-0.3, -0.25) is 4.79 Å². The maximum atomic E-state index is 15.0. The van der Waals surface area contributed by atoms with Crippen molar-refractivity contribution in [3.63, 3.8) is 0 Å². The number of piperidine rings is 1. The quantitative estimate of drug-likeness (QED) is 0.484. The van der Waals surface area contributed by atoms with Crippen LogP contribution in [0.15, 0.2) is 40.0 Å². The molecule has 200 valence electrons. The Bertz CT molecular complexity index is 1330. The minimum absolute atomic E-state index is 0. The molecule has 0 amide bonds. The molecule has 8 nitrogen and oxygen atoms in total. The number of nitrogens with one attached hydrogen (secondary N) is 1. The van der Waals surface area contributed by atoms with Gasteiger partial charge in [0.2, 0.25) is 5.88 Å². The van der Waals surface area contributed by atoms with Crippen LogP contribution in [0.1, 0.15) is 30.0 Å². The second kappa shape index (κ2) is 11.8. The second-order valence-electron chi connectivity index (χ2n) is 9.51. The molecule has 6 rings (SSSR count). The van der Waals surface area contributed by atoms with Gasteiger partial charge in [0.25, 0.3) is 5.56 Å². The SMILES string of the molecule is Cl.Cl.O=c1ccc2ccc(F)c3c2n1CCC3CN1CC[C@H](NCc2cc3c(nn2)OCCS3)[C@H](O)C1. The maximum absolute atomic E-state index is 15.0. The van der Waals surface area contributed by atoms with Crippen LogP contribution in [0.2, 0.25) is 0 Å². The fourth-order valence-corrected chi connectivity index (χ4v) is 6.38. The van der Waals surface area contributed by atoms with E-state index >= 15 is 0 Å². The largest absolute Gasteiger partial charge is 0.475 e. The number of nitrogens with zero attached hydrogens (tertiary/aromatic N) is 4. The van der Waals surface area contributed by atoms with E-state index in [1.165, 1.54) is 6.07 Å². The molecule has 0 saturated carbocycles. The Labute approximate surface area is 230 Å². The molecule has 5 heterocycles. The van der Waals surface area contributed by atoms with Crippen LogP contribution in [0.4, 0.5) is 4.39 Å². The highest BCUT2D eigenvalue weighted by atomic mass is 35.5. The molecule has 3 aliphatic rings. The number of aryl methyl sites for hydroxylation is 1. The van der Waals surface area contributed by atoms with Crippen LogP contribution in [0.25, 0.3) is 10.9 Å². The fraction of sp³-hybridized carbons (Fsp3) is 0.480. The molecule has 0 radical (unpaired) electrons. The van der Waals surface area contributed by atoms with Gasteiger partial charge in [0, 0.05) is 55.5 Å². The minimum atomic E-state index is -0.536. The molecule has 12 heteroatoms. The Hall–Kier alpha value is -1.95. The number of thioether (sulfide) groups is 1. The Morgan fingerprint density at radius 3 is 2.84 bits per heavy atom. The number of fused-ring (bicyclic) bond motifs is 1. The summed E-state index contributed by atoms with van der Waals surface area (Å²) in [6, 6.07) is 8.54. The first kappa shape index (κ1) is 28.1. The Kier molecular flexibility index (Phi) is 8.98. The van der Waals surface area contributed by atoms with Gasteiger partial charge in [-0.05, 0) is 49.0 Å². The lowest BCUT2D eigenvalue weighted by Crippen LogP contribution is -2.53. The van der Waals surface area contributed by atoms with E-state index < -0.39 is 6.10 Å². The number of likely N-dealkylation sites (tertiary alicyclic amines) is 1. The molecule has 0 bridgehead atoms. The van der Waals surface area contributed by atoms with Crippen LogP contribution in [-0.4, -0.2) is 68.9 Å². The van der Waals surface area contributed by atoms with Crippen LogP contribution in [0.3, 0.4) is 0 Å². The molecule has 3 aliphatic heterocycles. The van der Waals surface area contributed by atoms with Crippen molar-refractivity contribution in [3.8, 4) is 5.88 Å². The number of aliphatic hydroxyl groups excluding tert-OH is 1. The van der Waals surface area contributed by atoms with E-state index in [0.29, 0.717) is 50.7 Å². The van der Waals surface area contributed by atoms with Gasteiger partial charge in [-0.1, -0.05) is 0 Å². The van der Waals surface area contributed by atoms with Crippen molar-refractivity contribution < 1.29 is 14.2 Å². The molecule has 0 aliphatic carbocycles. The number of hydrogen-bond acceptors (Lipinski definition) is 8. The summed E-state index contributed by atoms with van der Waals surface area (Å²) in [5.74, 6) is 1.24. The standard InChI is InChI=1S/C25H28FN5O3S.2ClH/c26-18-3-1-15-2-4-22(33)31-8-5-16(23(18)24(15)31)13-30-7-6-19(20(32)14-30)27-12-17-11-21-25(29-28-17)34-9-10-35-21;;/h1-4,11,16,19-20,27,32H,5-10,12-14H2;2*1H/t16?,19-,20+;;/m0../s1. The summed E-state index contributed by atoms with van der Waals surface area (Å²) in [5, 5.41) is 23.6. The zero-order chi connectivity index (χ0) is 23.9.